The molecule has 2 heterocycles. The smallest absolute Gasteiger partial charge is 0.187 e. The Morgan fingerprint density at radius 2 is 1.25 bits per heavy atom. The van der Waals surface area contributed by atoms with Crippen molar-refractivity contribution in [1.29, 1.82) is 0 Å². The Bertz CT molecular complexity index is 392. The van der Waals surface area contributed by atoms with Crippen molar-refractivity contribution < 1.29 is 54.7 Å². The third-order valence-electron chi connectivity index (χ3n) is 4.19. The fourth-order valence-electron chi connectivity index (χ4n) is 2.75. The van der Waals surface area contributed by atoms with Crippen molar-refractivity contribution in [2.24, 2.45) is 0 Å². The summed E-state index contributed by atoms with van der Waals surface area (Å²) in [5.41, 5.74) is 0. The van der Waals surface area contributed by atoms with Gasteiger partial charge in [0.05, 0.1) is 13.2 Å². The Kier molecular flexibility index (Phi) is 6.87. The monoisotopic (exact) mass is 356 g/mol. The molecule has 24 heavy (non-hydrogen) atoms. The molecule has 0 aromatic carbocycles. The van der Waals surface area contributed by atoms with E-state index in [1.807, 2.05) is 0 Å². The van der Waals surface area contributed by atoms with Gasteiger partial charge in [-0.25, -0.2) is 0 Å². The fraction of sp³-hybridized carbons (Fsp3) is 1.00. The first-order chi connectivity index (χ1) is 11.3. The zero-order valence-corrected chi connectivity index (χ0v) is 13.0. The molecule has 2 saturated heterocycles. The highest BCUT2D eigenvalue weighted by Crippen LogP contribution is 2.29. The number of methoxy groups -OCH3 is 1. The van der Waals surface area contributed by atoms with E-state index in [1.165, 1.54) is 7.11 Å². The normalized spacial score (nSPS) is 50.0. The highest BCUT2D eigenvalue weighted by atomic mass is 16.7. The van der Waals surface area contributed by atoms with Gasteiger partial charge in [0.15, 0.2) is 12.6 Å². The summed E-state index contributed by atoms with van der Waals surface area (Å²) >= 11 is 0. The van der Waals surface area contributed by atoms with Crippen LogP contribution in [0.1, 0.15) is 0 Å². The minimum atomic E-state index is -1.69. The van der Waals surface area contributed by atoms with Crippen molar-refractivity contribution in [3.63, 3.8) is 0 Å². The number of aliphatic hydroxyl groups excluding tert-OH is 7. The summed E-state index contributed by atoms with van der Waals surface area (Å²) in [6.45, 7) is -1.24. The van der Waals surface area contributed by atoms with Crippen LogP contribution >= 0.6 is 0 Å². The summed E-state index contributed by atoms with van der Waals surface area (Å²) in [5, 5.41) is 68.0. The molecule has 0 bridgehead atoms. The molecule has 2 fully saturated rings. The van der Waals surface area contributed by atoms with Crippen LogP contribution in [0.4, 0.5) is 0 Å². The van der Waals surface area contributed by atoms with Gasteiger partial charge in [-0.3, -0.25) is 0 Å². The van der Waals surface area contributed by atoms with Gasteiger partial charge in [0.2, 0.25) is 0 Å². The number of ether oxygens (including phenoxy) is 4. The Hall–Kier alpha value is -0.440. The summed E-state index contributed by atoms with van der Waals surface area (Å²) in [7, 11) is 1.24. The number of rotatable bonds is 5. The molecule has 0 radical (unpaired) electrons. The third kappa shape index (κ3) is 3.71. The summed E-state index contributed by atoms with van der Waals surface area (Å²) in [5.74, 6) is 0. The first kappa shape index (κ1) is 19.9. The van der Waals surface area contributed by atoms with Crippen LogP contribution in [0.3, 0.4) is 0 Å². The number of hydrogen-bond donors (Lipinski definition) is 7. The van der Waals surface area contributed by atoms with Crippen molar-refractivity contribution in [3.05, 3.63) is 0 Å². The molecule has 11 heteroatoms. The topological polar surface area (TPSA) is 179 Å². The maximum absolute atomic E-state index is 10.2. The minimum Gasteiger partial charge on any atom is -0.394 e. The molecule has 0 aromatic heterocycles. The van der Waals surface area contributed by atoms with Crippen LogP contribution in [0, 0.1) is 0 Å². The second-order valence-electron chi connectivity index (χ2n) is 5.74. The molecule has 2 aliphatic heterocycles. The summed E-state index contributed by atoms with van der Waals surface area (Å²) in [6, 6.07) is 0. The van der Waals surface area contributed by atoms with Crippen LogP contribution in [0.25, 0.3) is 0 Å². The van der Waals surface area contributed by atoms with Gasteiger partial charge in [-0.1, -0.05) is 0 Å². The standard InChI is InChI=1S/C13H24O11/c1-21-12-10(20)8(18)11(5(3-15)23-12)24-13-9(19)7(17)6(16)4(2-14)22-13/h4-20H,2-3H2,1H3/t4-,5-,6+,7+,8+,9-,10-,11+,12-,13+/m1/s1. The molecule has 10 atom stereocenters. The van der Waals surface area contributed by atoms with E-state index in [1.54, 1.807) is 0 Å². The second-order valence-corrected chi connectivity index (χ2v) is 5.74. The lowest BCUT2D eigenvalue weighted by Gasteiger charge is -2.45. The van der Waals surface area contributed by atoms with E-state index in [9.17, 15) is 30.6 Å². The highest BCUT2D eigenvalue weighted by molar-refractivity contribution is 4.93. The van der Waals surface area contributed by atoms with Crippen molar-refractivity contribution in [1.82, 2.24) is 0 Å². The lowest BCUT2D eigenvalue weighted by atomic mass is 9.97. The van der Waals surface area contributed by atoms with Crippen LogP contribution in [0.5, 0.6) is 0 Å². The van der Waals surface area contributed by atoms with E-state index in [4.69, 9.17) is 24.1 Å². The highest BCUT2D eigenvalue weighted by Gasteiger charge is 2.50. The predicted molar refractivity (Wildman–Crippen MR) is 73.4 cm³/mol. The van der Waals surface area contributed by atoms with E-state index >= 15 is 0 Å². The van der Waals surface area contributed by atoms with E-state index in [2.05, 4.69) is 0 Å². The zero-order valence-electron chi connectivity index (χ0n) is 13.0. The molecule has 0 aliphatic carbocycles. The van der Waals surface area contributed by atoms with Gasteiger partial charge in [-0.2, -0.15) is 0 Å². The van der Waals surface area contributed by atoms with Crippen molar-refractivity contribution in [2.75, 3.05) is 20.3 Å². The third-order valence-corrected chi connectivity index (χ3v) is 4.19. The number of hydrogen-bond acceptors (Lipinski definition) is 11. The average Bonchev–Trinajstić information content (AvgIpc) is 2.59. The molecule has 11 nitrogen and oxygen atoms in total. The lowest BCUT2D eigenvalue weighted by molar-refractivity contribution is -0.357. The molecule has 142 valence electrons. The predicted octanol–water partition coefficient (Wildman–Crippen LogP) is -4.74. The molecule has 2 aliphatic rings. The van der Waals surface area contributed by atoms with E-state index < -0.39 is 74.6 Å². The largest absolute Gasteiger partial charge is 0.394 e. The second kappa shape index (κ2) is 8.29. The van der Waals surface area contributed by atoms with Crippen LogP contribution in [-0.2, 0) is 18.9 Å². The van der Waals surface area contributed by atoms with Gasteiger partial charge in [0, 0.05) is 7.11 Å². The average molecular weight is 356 g/mol. The SMILES string of the molecule is CO[C@@H]1O[C@H](CO)[C@H](O[C@@H]2O[C@H](CO)[C@H](O)[C@H](O)[C@H]2O)[C@@H](O)[C@H]1O. The van der Waals surface area contributed by atoms with Crippen molar-refractivity contribution in [3.8, 4) is 0 Å². The van der Waals surface area contributed by atoms with E-state index in [0.29, 0.717) is 0 Å². The van der Waals surface area contributed by atoms with E-state index in [0.717, 1.165) is 0 Å². The molecule has 0 amide bonds. The summed E-state index contributed by atoms with van der Waals surface area (Å²) in [6.07, 6.45) is -14.3. The van der Waals surface area contributed by atoms with Gasteiger partial charge < -0.3 is 54.7 Å². The Morgan fingerprint density at radius 1 is 0.708 bits per heavy atom. The van der Waals surface area contributed by atoms with Crippen LogP contribution < -0.4 is 0 Å². The van der Waals surface area contributed by atoms with Gasteiger partial charge in [-0.15, -0.1) is 0 Å². The van der Waals surface area contributed by atoms with Gasteiger partial charge in [0.1, 0.15) is 48.8 Å². The van der Waals surface area contributed by atoms with Crippen LogP contribution in [0.15, 0.2) is 0 Å². The maximum atomic E-state index is 10.2. The van der Waals surface area contributed by atoms with Crippen molar-refractivity contribution in [2.45, 2.75) is 61.4 Å². The van der Waals surface area contributed by atoms with Gasteiger partial charge in [0.25, 0.3) is 0 Å². The molecule has 0 unspecified atom stereocenters. The summed E-state index contributed by atoms with van der Waals surface area (Å²) < 4.78 is 20.6. The molecule has 0 spiro atoms. The van der Waals surface area contributed by atoms with Crippen LogP contribution in [0.2, 0.25) is 0 Å². The molecule has 7 N–H and O–H groups in total. The Balaban J connectivity index is 2.12. The van der Waals surface area contributed by atoms with Crippen molar-refractivity contribution >= 4 is 0 Å². The number of aliphatic hydroxyl groups is 7. The van der Waals surface area contributed by atoms with Crippen LogP contribution in [-0.4, -0.2) is 117 Å². The summed E-state index contributed by atoms with van der Waals surface area (Å²) in [4.78, 5) is 0. The van der Waals surface area contributed by atoms with Gasteiger partial charge in [-0.05, 0) is 0 Å². The molecule has 0 aromatic rings. The van der Waals surface area contributed by atoms with E-state index in [-0.39, 0.29) is 0 Å². The maximum Gasteiger partial charge on any atom is 0.187 e. The molecular weight excluding hydrogens is 332 g/mol. The molecule has 0 saturated carbocycles. The zero-order chi connectivity index (χ0) is 18.0. The minimum absolute atomic E-state index is 0.592. The first-order valence-corrected chi connectivity index (χ1v) is 7.46. The van der Waals surface area contributed by atoms with Gasteiger partial charge >= 0.3 is 0 Å². The Morgan fingerprint density at radius 3 is 1.79 bits per heavy atom. The quantitative estimate of drug-likeness (QED) is 0.251. The first-order valence-electron chi connectivity index (χ1n) is 7.46. The molecular formula is C13H24O11. The Labute approximate surface area is 137 Å². The lowest BCUT2D eigenvalue weighted by Crippen LogP contribution is -2.64. The molecule has 2 rings (SSSR count). The fourth-order valence-corrected chi connectivity index (χ4v) is 2.75.